The number of aromatic hydroxyl groups is 1. The molecule has 150 valence electrons. The van der Waals surface area contributed by atoms with E-state index in [1.54, 1.807) is 12.1 Å². The van der Waals surface area contributed by atoms with E-state index in [1.807, 2.05) is 12.1 Å². The summed E-state index contributed by atoms with van der Waals surface area (Å²) in [5.41, 5.74) is 0.892. The van der Waals surface area contributed by atoms with Crippen LogP contribution in [0.25, 0.3) is 0 Å². The highest BCUT2D eigenvalue weighted by Crippen LogP contribution is 2.28. The van der Waals surface area contributed by atoms with E-state index in [-0.39, 0.29) is 22.3 Å². The van der Waals surface area contributed by atoms with Gasteiger partial charge in [-0.05, 0) is 61.1 Å². The van der Waals surface area contributed by atoms with Crippen LogP contribution in [0.1, 0.15) is 25.3 Å². The van der Waals surface area contributed by atoms with Crippen LogP contribution in [0.3, 0.4) is 0 Å². The molecule has 2 aromatic rings. The minimum atomic E-state index is -3.79. The van der Waals surface area contributed by atoms with Gasteiger partial charge in [0.1, 0.15) is 11.6 Å². The lowest BCUT2D eigenvalue weighted by atomic mass is 9.92. The van der Waals surface area contributed by atoms with Crippen LogP contribution in [0.15, 0.2) is 47.4 Å². The number of nitrogens with zero attached hydrogens (tertiary/aromatic N) is 1. The van der Waals surface area contributed by atoms with Gasteiger partial charge < -0.3 is 10.4 Å². The fourth-order valence-electron chi connectivity index (χ4n) is 3.48. The molecule has 1 heterocycles. The van der Waals surface area contributed by atoms with Gasteiger partial charge in [-0.25, -0.2) is 12.8 Å². The Labute approximate surface area is 164 Å². The predicted octanol–water partition coefficient (Wildman–Crippen LogP) is 3.13. The van der Waals surface area contributed by atoms with Crippen molar-refractivity contribution in [3.8, 4) is 5.75 Å². The maximum atomic E-state index is 13.9. The highest BCUT2D eigenvalue weighted by Gasteiger charge is 2.30. The maximum Gasteiger partial charge on any atom is 0.243 e. The summed E-state index contributed by atoms with van der Waals surface area (Å²) >= 11 is 0. The lowest BCUT2D eigenvalue weighted by Crippen LogP contribution is -2.40. The van der Waals surface area contributed by atoms with Crippen LogP contribution in [-0.2, 0) is 21.2 Å². The summed E-state index contributed by atoms with van der Waals surface area (Å²) in [4.78, 5) is 11.2. The SMILES string of the molecule is CC(=O)Nc1cc(S(=O)(=O)N2CCCC(Cc3ccc(O)cc3)C2)ccc1F. The lowest BCUT2D eigenvalue weighted by molar-refractivity contribution is -0.114. The number of sulfonamides is 1. The normalized spacial score (nSPS) is 18.0. The molecular weight excluding hydrogens is 383 g/mol. The summed E-state index contributed by atoms with van der Waals surface area (Å²) in [5, 5.41) is 11.7. The number of benzene rings is 2. The maximum absolute atomic E-state index is 13.9. The molecule has 2 aromatic carbocycles. The van der Waals surface area contributed by atoms with Crippen LogP contribution in [0.2, 0.25) is 0 Å². The second kappa shape index (κ2) is 8.28. The molecule has 0 aliphatic carbocycles. The fourth-order valence-corrected chi connectivity index (χ4v) is 5.06. The van der Waals surface area contributed by atoms with E-state index in [1.165, 1.54) is 17.3 Å². The van der Waals surface area contributed by atoms with E-state index in [9.17, 15) is 22.7 Å². The van der Waals surface area contributed by atoms with E-state index in [0.29, 0.717) is 19.5 Å². The average molecular weight is 406 g/mol. The number of phenolic OH excluding ortho intramolecular Hbond substituents is 1. The standard InChI is InChI=1S/C20H23FN2O4S/c1-14(24)22-20-12-18(8-9-19(20)21)28(26,27)23-10-2-3-16(13-23)11-15-4-6-17(25)7-5-15/h4-9,12,16,25H,2-3,10-11,13H2,1H3,(H,22,24). The number of piperidine rings is 1. The smallest absolute Gasteiger partial charge is 0.243 e. The first-order valence-electron chi connectivity index (χ1n) is 9.11. The number of phenols is 1. The molecule has 1 amide bonds. The molecule has 6 nitrogen and oxygen atoms in total. The van der Waals surface area contributed by atoms with Crippen molar-refractivity contribution in [2.45, 2.75) is 31.1 Å². The Hall–Kier alpha value is -2.45. The number of halogens is 1. The molecular formula is C20H23FN2O4S. The van der Waals surface area contributed by atoms with Crippen molar-refractivity contribution in [1.29, 1.82) is 0 Å². The number of hydrogen-bond acceptors (Lipinski definition) is 4. The molecule has 3 rings (SSSR count). The van der Waals surface area contributed by atoms with E-state index in [2.05, 4.69) is 5.32 Å². The largest absolute Gasteiger partial charge is 0.508 e. The summed E-state index contributed by atoms with van der Waals surface area (Å²) in [6.07, 6.45) is 2.36. The van der Waals surface area contributed by atoms with Gasteiger partial charge in [-0.3, -0.25) is 4.79 Å². The Balaban J connectivity index is 1.77. The van der Waals surface area contributed by atoms with Gasteiger partial charge >= 0.3 is 0 Å². The number of nitrogens with one attached hydrogen (secondary N) is 1. The number of rotatable bonds is 5. The van der Waals surface area contributed by atoms with Gasteiger partial charge in [0.05, 0.1) is 10.6 Å². The topological polar surface area (TPSA) is 86.7 Å². The number of carbonyl (C=O) groups is 1. The van der Waals surface area contributed by atoms with E-state index in [0.717, 1.165) is 30.5 Å². The monoisotopic (exact) mass is 406 g/mol. The van der Waals surface area contributed by atoms with Gasteiger partial charge in [-0.1, -0.05) is 12.1 Å². The Morgan fingerprint density at radius 1 is 1.25 bits per heavy atom. The zero-order chi connectivity index (χ0) is 20.3. The summed E-state index contributed by atoms with van der Waals surface area (Å²) in [5.74, 6) is -0.801. The zero-order valence-corrected chi connectivity index (χ0v) is 16.4. The van der Waals surface area contributed by atoms with Crippen LogP contribution in [0.4, 0.5) is 10.1 Å². The molecule has 2 N–H and O–H groups in total. The molecule has 1 saturated heterocycles. The van der Waals surface area contributed by atoms with Crippen molar-refractivity contribution in [3.05, 3.63) is 53.8 Å². The second-order valence-corrected chi connectivity index (χ2v) is 9.00. The first kappa shape index (κ1) is 20.3. The summed E-state index contributed by atoms with van der Waals surface area (Å²) in [7, 11) is -3.79. The predicted molar refractivity (Wildman–Crippen MR) is 104 cm³/mol. The molecule has 8 heteroatoms. The number of anilines is 1. The molecule has 0 spiro atoms. The van der Waals surface area contributed by atoms with E-state index >= 15 is 0 Å². The van der Waals surface area contributed by atoms with Crippen molar-refractivity contribution >= 4 is 21.6 Å². The highest BCUT2D eigenvalue weighted by atomic mass is 32.2. The van der Waals surface area contributed by atoms with E-state index in [4.69, 9.17) is 0 Å². The molecule has 0 bridgehead atoms. The van der Waals surface area contributed by atoms with Crippen molar-refractivity contribution in [2.75, 3.05) is 18.4 Å². The lowest BCUT2D eigenvalue weighted by Gasteiger charge is -2.32. The summed E-state index contributed by atoms with van der Waals surface area (Å²) < 4.78 is 41.3. The number of amides is 1. The third-order valence-corrected chi connectivity index (χ3v) is 6.69. The van der Waals surface area contributed by atoms with Crippen LogP contribution in [-0.4, -0.2) is 36.8 Å². The Morgan fingerprint density at radius 2 is 1.96 bits per heavy atom. The molecule has 1 fully saturated rings. The molecule has 1 atom stereocenters. The van der Waals surface area contributed by atoms with Crippen LogP contribution >= 0.6 is 0 Å². The van der Waals surface area contributed by atoms with Gasteiger partial charge in [0, 0.05) is 20.0 Å². The Bertz CT molecular complexity index is 961. The third kappa shape index (κ3) is 4.69. The molecule has 1 aliphatic heterocycles. The van der Waals surface area contributed by atoms with Gasteiger partial charge in [-0.15, -0.1) is 0 Å². The number of hydrogen-bond donors (Lipinski definition) is 2. The second-order valence-electron chi connectivity index (χ2n) is 7.06. The van der Waals surface area contributed by atoms with E-state index < -0.39 is 21.7 Å². The van der Waals surface area contributed by atoms with Crippen molar-refractivity contribution < 1.29 is 22.7 Å². The van der Waals surface area contributed by atoms with Crippen molar-refractivity contribution in [3.63, 3.8) is 0 Å². The molecule has 1 unspecified atom stereocenters. The van der Waals surface area contributed by atoms with Crippen molar-refractivity contribution in [2.24, 2.45) is 5.92 Å². The molecule has 0 saturated carbocycles. The molecule has 0 radical (unpaired) electrons. The van der Waals surface area contributed by atoms with Crippen molar-refractivity contribution in [1.82, 2.24) is 4.31 Å². The first-order valence-corrected chi connectivity index (χ1v) is 10.5. The van der Waals surface area contributed by atoms with Gasteiger partial charge in [0.2, 0.25) is 15.9 Å². The third-order valence-electron chi connectivity index (χ3n) is 4.83. The quantitative estimate of drug-likeness (QED) is 0.799. The summed E-state index contributed by atoms with van der Waals surface area (Å²) in [6, 6.07) is 10.3. The molecule has 28 heavy (non-hydrogen) atoms. The van der Waals surface area contributed by atoms with Crippen LogP contribution in [0.5, 0.6) is 5.75 Å². The summed E-state index contributed by atoms with van der Waals surface area (Å²) in [6.45, 7) is 2.01. The number of carbonyl (C=O) groups excluding carboxylic acids is 1. The van der Waals surface area contributed by atoms with Crippen LogP contribution in [0, 0.1) is 11.7 Å². The van der Waals surface area contributed by atoms with Crippen LogP contribution < -0.4 is 5.32 Å². The minimum absolute atomic E-state index is 0.0390. The highest BCUT2D eigenvalue weighted by molar-refractivity contribution is 7.89. The van der Waals surface area contributed by atoms with Gasteiger partial charge in [0.15, 0.2) is 0 Å². The van der Waals surface area contributed by atoms with Gasteiger partial charge in [-0.2, -0.15) is 4.31 Å². The zero-order valence-electron chi connectivity index (χ0n) is 15.6. The Kier molecular flexibility index (Phi) is 6.00. The fraction of sp³-hybridized carbons (Fsp3) is 0.350. The average Bonchev–Trinajstić information content (AvgIpc) is 2.65. The minimum Gasteiger partial charge on any atom is -0.508 e. The molecule has 1 aliphatic rings. The van der Waals surface area contributed by atoms with Gasteiger partial charge in [0.25, 0.3) is 0 Å². The molecule has 0 aromatic heterocycles. The first-order chi connectivity index (χ1) is 13.3. The Morgan fingerprint density at radius 3 is 2.64 bits per heavy atom.